The van der Waals surface area contributed by atoms with E-state index < -0.39 is 11.6 Å². The summed E-state index contributed by atoms with van der Waals surface area (Å²) in [5.74, 6) is 0.320. The minimum absolute atomic E-state index is 0.000633. The zero-order chi connectivity index (χ0) is 96.7. The Bertz CT molecular complexity index is 6430. The largest absolute Gasteiger partial charge is 0.431 e. The van der Waals surface area contributed by atoms with E-state index in [-0.39, 0.29) is 17.7 Å². The Morgan fingerprint density at radius 2 is 0.852 bits per heavy atom. The molecule has 0 fully saturated rings. The highest BCUT2D eigenvalue weighted by Crippen LogP contribution is 2.44. The van der Waals surface area contributed by atoms with E-state index in [1.54, 1.807) is 81.7 Å². The van der Waals surface area contributed by atoms with Crippen LogP contribution in [0, 0.1) is 0 Å². The van der Waals surface area contributed by atoms with E-state index in [4.69, 9.17) is 23.7 Å². The van der Waals surface area contributed by atoms with Gasteiger partial charge in [-0.15, -0.1) is 90.7 Å². The maximum Gasteiger partial charge on any atom is 0.345 e. The number of hydrogen-bond donors (Lipinski definition) is 1. The predicted molar refractivity (Wildman–Crippen MR) is 635 cm³/mol. The summed E-state index contributed by atoms with van der Waals surface area (Å²) in [5.41, 5.74) is 10.9. The number of ether oxygens (including phenoxy) is 2. The second-order valence-electron chi connectivity index (χ2n) is 29.7. The average molecular weight is 3060 g/mol. The van der Waals surface area contributed by atoms with Crippen LogP contribution in [0.4, 0.5) is 0 Å². The van der Waals surface area contributed by atoms with Crippen molar-refractivity contribution in [2.75, 3.05) is 35.7 Å². The smallest absolute Gasteiger partial charge is 0.345 e. The minimum atomic E-state index is -0.467. The van der Waals surface area contributed by atoms with Crippen LogP contribution in [0.15, 0.2) is 257 Å². The molecule has 15 aromatic rings. The van der Waals surface area contributed by atoms with Gasteiger partial charge in [-0.05, 0) is 458 Å². The van der Waals surface area contributed by atoms with Crippen LogP contribution in [0.1, 0.15) is 171 Å². The van der Waals surface area contributed by atoms with E-state index in [9.17, 15) is 24.0 Å². The van der Waals surface area contributed by atoms with Gasteiger partial charge in [0, 0.05) is 55.4 Å². The van der Waals surface area contributed by atoms with Crippen LogP contribution in [0.2, 0.25) is 0 Å². The summed E-state index contributed by atoms with van der Waals surface area (Å²) < 4.78 is 30.1. The highest BCUT2D eigenvalue weighted by molar-refractivity contribution is 9.14. The lowest BCUT2D eigenvalue weighted by atomic mass is 9.85. The number of alkyl halides is 3. The number of thiophene rings is 8. The quantitative estimate of drug-likeness (QED) is 0.00765. The number of aryl methyl sites for hydroxylation is 3. The fourth-order valence-electron chi connectivity index (χ4n) is 13.1. The molecule has 9 heterocycles. The van der Waals surface area contributed by atoms with Crippen molar-refractivity contribution in [3.63, 3.8) is 0 Å². The van der Waals surface area contributed by atoms with Gasteiger partial charge in [-0.1, -0.05) is 184 Å². The lowest BCUT2D eigenvalue weighted by molar-refractivity contribution is -0.286. The molecule has 16 rings (SSSR count). The number of benzene rings is 6. The molecule has 6 aromatic carbocycles. The molecule has 0 bridgehead atoms. The van der Waals surface area contributed by atoms with Crippen molar-refractivity contribution in [1.29, 1.82) is 0 Å². The van der Waals surface area contributed by atoms with E-state index >= 15 is 0 Å². The topological polar surface area (TPSA) is 147 Å². The Kier molecular flexibility index (Phi) is 53.5. The molecular weight excluding hydrogens is 2980 g/mol. The number of nitrogens with one attached hydrogen (secondary N) is 1. The number of Topliss-reactive ketones (excluding diaryl/α,β-unsaturated/α-hetero) is 1. The number of ketones is 1. The highest BCUT2D eigenvalue weighted by atomic mass is 79.9. The molecule has 9 aromatic heterocycles. The normalized spacial score (nSPS) is 11.3. The van der Waals surface area contributed by atoms with Crippen molar-refractivity contribution in [3.05, 3.63) is 307 Å². The average Bonchev–Trinajstić information content (AvgIpc) is 1.68. The molecule has 0 atom stereocenters. The van der Waals surface area contributed by atoms with Crippen LogP contribution >= 0.6 is 362 Å². The third-order valence-electron chi connectivity index (χ3n) is 19.9. The lowest BCUT2D eigenvalue weighted by Gasteiger charge is -2.17. The van der Waals surface area contributed by atoms with E-state index in [1.807, 2.05) is 90.2 Å². The van der Waals surface area contributed by atoms with Crippen molar-refractivity contribution >= 4 is 424 Å². The van der Waals surface area contributed by atoms with Crippen molar-refractivity contribution < 1.29 is 42.8 Å². The van der Waals surface area contributed by atoms with Crippen LogP contribution in [-0.4, -0.2) is 59.4 Å². The molecular formula is C99H86Br17NO10S8. The zero-order valence-corrected chi connectivity index (χ0v) is 105. The molecule has 36 heteroatoms. The molecule has 0 saturated carbocycles. The molecule has 0 spiro atoms. The van der Waals surface area contributed by atoms with Gasteiger partial charge < -0.3 is 19.2 Å². The number of hydrogen-bond acceptors (Lipinski definition) is 18. The fraction of sp³-hybridized carbons (Fsp3) is 0.263. The number of unbranched alkanes of at least 4 members (excludes halogenated alkanes) is 12. The molecule has 0 unspecified atom stereocenters. The van der Waals surface area contributed by atoms with Crippen molar-refractivity contribution in [1.82, 2.24) is 5.32 Å². The summed E-state index contributed by atoms with van der Waals surface area (Å²) in [6, 6.07) is 59.3. The van der Waals surface area contributed by atoms with Crippen LogP contribution in [-0.2, 0) is 35.5 Å². The number of carbonyl (C=O) groups excluding carboxylic acids is 4. The number of halogens is 17. The molecule has 11 nitrogen and oxygen atoms in total. The standard InChI is InChI=1S/C19H10Br2O2S.C19H22Br2O2S.C14H15Br3S2.C14H6Br2O4S.C12H6Br2OS.C11H14Br3NOS.C10H13Br3S/c20-17-10-16(18(21)24-17)19(22)23-15-6-5-13-7-11-3-1-2-4-12(11)8-14(13)9-15;20-18-15-17(19(21)24-18)12-6-1-2-7-13-22-23-14-8-11-16-9-4-3-5-10-16;15-8-4-2-1-3-5-10-6-7-12(18-10)11-9-13(16)19-14(11)17;15-11-6-10(12(16)21-11)14(18)20-8-1-2-9-7(5-8)3-4-19-13(9)17;13-11-5-9(12(14)16-11)6-1-2-7-4-10(15)8(7)3-6;12-5-3-1-2-4-6-15-11(16)8-7-9(13)17-10(8)14;11-6-4-2-1-3-5-8-7-9(12)14-10(8)13/h1-10H;3-5,8-11,15H,1-2,6-7,12-14H2;6-7,9H,1-5,8H2;1-6H;1-3,5H,4H2;7H,1-6H2,(H,15,16);7H,1-6H2/b;11-8+;;;;;. The van der Waals surface area contributed by atoms with Gasteiger partial charge >= 0.3 is 17.6 Å². The molecule has 0 aliphatic heterocycles. The van der Waals surface area contributed by atoms with Crippen molar-refractivity contribution in [3.8, 4) is 33.1 Å². The Labute approximate surface area is 962 Å². The van der Waals surface area contributed by atoms with Crippen LogP contribution in [0.5, 0.6) is 11.5 Å². The van der Waals surface area contributed by atoms with Crippen LogP contribution < -0.4 is 20.4 Å². The summed E-state index contributed by atoms with van der Waals surface area (Å²) in [7, 11) is 0. The first-order valence-corrected chi connectivity index (χ1v) is 63.3. The van der Waals surface area contributed by atoms with Gasteiger partial charge in [0.15, 0.2) is 5.78 Å². The Balaban J connectivity index is 0.000000164. The maximum absolute atomic E-state index is 12.3. The van der Waals surface area contributed by atoms with Gasteiger partial charge in [0.25, 0.3) is 5.91 Å². The van der Waals surface area contributed by atoms with Gasteiger partial charge in [0.2, 0.25) is 0 Å². The number of amides is 1. The third-order valence-corrected chi connectivity index (χ3v) is 39.4. The SMILES string of the molecule is BrCCCCCCc1cc(Br)sc1Br.BrCCCCCCc1ccc(-c2cc(Br)sc2Br)s1.Brc1cc(CCCCCCOOC/C=C/c2ccccc2)c(Br)s1.O=C(NCCCCCCBr)c1cc(Br)sc1Br.O=C(Oc1ccc2c(=O)occc2c1)c1cc(Br)sc1Br.O=C(Oc1ccc2cc3ccccc3cc2c1)c1cc(Br)sc1Br.O=C1Cc2ccc(-c3cc(Br)sc3Br)cc21. The van der Waals surface area contributed by atoms with E-state index in [1.165, 1.54) is 209 Å². The lowest BCUT2D eigenvalue weighted by Crippen LogP contribution is -2.24. The first kappa shape index (κ1) is 115. The van der Waals surface area contributed by atoms with Crippen LogP contribution in [0.3, 0.4) is 0 Å². The molecule has 0 radical (unpaired) electrons. The summed E-state index contributed by atoms with van der Waals surface area (Å²) in [6.07, 6.45) is 29.3. The summed E-state index contributed by atoms with van der Waals surface area (Å²) in [4.78, 5) is 72.3. The highest BCUT2D eigenvalue weighted by Gasteiger charge is 2.25. The number of esters is 2. The van der Waals surface area contributed by atoms with Gasteiger partial charge in [0.05, 0.1) is 88.0 Å². The van der Waals surface area contributed by atoms with Crippen molar-refractivity contribution in [2.45, 2.75) is 128 Å². The number of rotatable bonds is 36. The summed E-state index contributed by atoms with van der Waals surface area (Å²) in [6.45, 7) is 1.89. The van der Waals surface area contributed by atoms with Gasteiger partial charge in [-0.2, -0.15) is 0 Å². The fourth-order valence-corrected chi connectivity index (χ4v) is 35.5. The summed E-state index contributed by atoms with van der Waals surface area (Å²) >= 11 is 72.0. The third kappa shape index (κ3) is 39.4. The predicted octanol–water partition coefficient (Wildman–Crippen LogP) is 41.3. The summed E-state index contributed by atoms with van der Waals surface area (Å²) in [5, 5.41) is 11.9. The Morgan fingerprint density at radius 3 is 1.38 bits per heavy atom. The van der Waals surface area contributed by atoms with Crippen LogP contribution in [0.25, 0.3) is 60.0 Å². The molecule has 714 valence electrons. The Hall–Kier alpha value is -1.45. The monoisotopic (exact) mass is 3050 g/mol. The van der Waals surface area contributed by atoms with Crippen molar-refractivity contribution in [2.24, 2.45) is 0 Å². The molecule has 1 aliphatic carbocycles. The van der Waals surface area contributed by atoms with Gasteiger partial charge in [-0.3, -0.25) is 9.59 Å². The molecule has 1 N–H and O–H groups in total. The van der Waals surface area contributed by atoms with Gasteiger partial charge in [-0.25, -0.2) is 24.2 Å². The minimum Gasteiger partial charge on any atom is -0.431 e. The molecule has 1 aliphatic rings. The number of carbonyl (C=O) groups is 4. The number of fused-ring (bicyclic) bond motifs is 4. The first-order valence-electron chi connectivity index (χ1n) is 42.3. The molecule has 1 amide bonds. The first-order chi connectivity index (χ1) is 65.1. The van der Waals surface area contributed by atoms with E-state index in [0.717, 1.165) is 101 Å². The zero-order valence-electron chi connectivity index (χ0n) is 71.7. The molecule has 0 saturated heterocycles. The Morgan fingerprint density at radius 1 is 0.378 bits per heavy atom. The maximum atomic E-state index is 12.3. The second-order valence-corrected chi connectivity index (χ2v) is 59.5. The van der Waals surface area contributed by atoms with Gasteiger partial charge in [0.1, 0.15) is 18.1 Å². The second kappa shape index (κ2) is 62.5. The van der Waals surface area contributed by atoms with E-state index in [2.05, 4.69) is 355 Å². The molecule has 135 heavy (non-hydrogen) atoms. The van der Waals surface area contributed by atoms with E-state index in [0.29, 0.717) is 62.4 Å².